The average molecular weight is 298 g/mol. The van der Waals surface area contributed by atoms with Crippen molar-refractivity contribution in [2.24, 2.45) is 5.41 Å². The summed E-state index contributed by atoms with van der Waals surface area (Å²) in [4.78, 5) is 28.3. The number of carboxylic acid groups (broad SMARTS) is 1. The summed E-state index contributed by atoms with van der Waals surface area (Å²) in [6.45, 7) is 0.288. The Balaban J connectivity index is 2.07. The van der Waals surface area contributed by atoms with E-state index in [9.17, 15) is 9.59 Å². The Morgan fingerprint density at radius 2 is 2.15 bits per heavy atom. The van der Waals surface area contributed by atoms with Crippen molar-refractivity contribution in [3.05, 3.63) is 22.8 Å². The SMILES string of the molecule is CN(C)C(=O)c1cnc(NCC2(C(=O)O)CC2)c(Cl)c1. The highest BCUT2D eigenvalue weighted by atomic mass is 35.5. The molecule has 0 aromatic carbocycles. The third kappa shape index (κ3) is 2.85. The van der Waals surface area contributed by atoms with Gasteiger partial charge in [0.15, 0.2) is 0 Å². The van der Waals surface area contributed by atoms with Crippen LogP contribution < -0.4 is 5.32 Å². The third-order valence-electron chi connectivity index (χ3n) is 3.40. The fraction of sp³-hybridized carbons (Fsp3) is 0.462. The zero-order valence-corrected chi connectivity index (χ0v) is 12.1. The van der Waals surface area contributed by atoms with E-state index in [-0.39, 0.29) is 12.5 Å². The number of pyridine rings is 1. The molecule has 0 unspecified atom stereocenters. The summed E-state index contributed by atoms with van der Waals surface area (Å²) in [5, 5.41) is 12.3. The zero-order chi connectivity index (χ0) is 14.9. The molecule has 1 aliphatic rings. The van der Waals surface area contributed by atoms with Gasteiger partial charge in [-0.3, -0.25) is 9.59 Å². The minimum Gasteiger partial charge on any atom is -0.481 e. The van der Waals surface area contributed by atoms with Gasteiger partial charge >= 0.3 is 5.97 Å². The average Bonchev–Trinajstić information content (AvgIpc) is 3.17. The van der Waals surface area contributed by atoms with Gasteiger partial charge in [-0.2, -0.15) is 0 Å². The monoisotopic (exact) mass is 297 g/mol. The summed E-state index contributed by atoms with van der Waals surface area (Å²) in [6, 6.07) is 1.53. The van der Waals surface area contributed by atoms with Crippen LogP contribution in [0.3, 0.4) is 0 Å². The molecule has 2 rings (SSSR count). The molecule has 1 heterocycles. The normalized spacial score (nSPS) is 15.6. The molecule has 1 aromatic heterocycles. The lowest BCUT2D eigenvalue weighted by molar-refractivity contribution is -0.142. The number of carbonyl (C=O) groups is 2. The van der Waals surface area contributed by atoms with E-state index in [4.69, 9.17) is 16.7 Å². The minimum absolute atomic E-state index is 0.185. The van der Waals surface area contributed by atoms with E-state index in [0.717, 1.165) is 0 Å². The first-order chi connectivity index (χ1) is 9.35. The van der Waals surface area contributed by atoms with Crippen molar-refractivity contribution in [3.8, 4) is 0 Å². The van der Waals surface area contributed by atoms with Gasteiger partial charge in [0.2, 0.25) is 0 Å². The Labute approximate surface area is 121 Å². The highest BCUT2D eigenvalue weighted by Gasteiger charge is 2.50. The number of nitrogens with zero attached hydrogens (tertiary/aromatic N) is 2. The van der Waals surface area contributed by atoms with Crippen molar-refractivity contribution in [1.82, 2.24) is 9.88 Å². The van der Waals surface area contributed by atoms with Gasteiger partial charge in [0.1, 0.15) is 5.82 Å². The summed E-state index contributed by atoms with van der Waals surface area (Å²) >= 11 is 6.06. The molecule has 0 radical (unpaired) electrons. The molecule has 1 aromatic rings. The van der Waals surface area contributed by atoms with Crippen molar-refractivity contribution in [3.63, 3.8) is 0 Å². The molecule has 1 aliphatic carbocycles. The molecule has 20 heavy (non-hydrogen) atoms. The van der Waals surface area contributed by atoms with E-state index in [1.807, 2.05) is 0 Å². The number of aliphatic carboxylic acids is 1. The summed E-state index contributed by atoms with van der Waals surface area (Å²) in [6.07, 6.45) is 2.74. The number of carbonyl (C=O) groups excluding carboxylic acids is 1. The number of rotatable bonds is 5. The van der Waals surface area contributed by atoms with Crippen molar-refractivity contribution in [1.29, 1.82) is 0 Å². The van der Waals surface area contributed by atoms with Gasteiger partial charge in [0.25, 0.3) is 5.91 Å². The second-order valence-corrected chi connectivity index (χ2v) is 5.60. The van der Waals surface area contributed by atoms with E-state index >= 15 is 0 Å². The van der Waals surface area contributed by atoms with Crippen LogP contribution in [0, 0.1) is 5.41 Å². The Morgan fingerprint density at radius 1 is 1.50 bits per heavy atom. The van der Waals surface area contributed by atoms with Crippen LogP contribution in [0.5, 0.6) is 0 Å². The number of aromatic nitrogens is 1. The lowest BCUT2D eigenvalue weighted by Crippen LogP contribution is -2.25. The number of hydrogen-bond donors (Lipinski definition) is 2. The first-order valence-electron chi connectivity index (χ1n) is 6.20. The second kappa shape index (κ2) is 5.28. The van der Waals surface area contributed by atoms with Gasteiger partial charge in [-0.25, -0.2) is 4.98 Å². The van der Waals surface area contributed by atoms with Crippen LogP contribution in [-0.2, 0) is 4.79 Å². The molecule has 0 saturated heterocycles. The smallest absolute Gasteiger partial charge is 0.311 e. The van der Waals surface area contributed by atoms with Gasteiger partial charge in [-0.1, -0.05) is 11.6 Å². The van der Waals surface area contributed by atoms with E-state index in [1.54, 1.807) is 14.1 Å². The molecule has 108 valence electrons. The highest BCUT2D eigenvalue weighted by Crippen LogP contribution is 2.45. The van der Waals surface area contributed by atoms with Crippen LogP contribution in [0.25, 0.3) is 0 Å². The van der Waals surface area contributed by atoms with Crippen molar-refractivity contribution < 1.29 is 14.7 Å². The topological polar surface area (TPSA) is 82.5 Å². The van der Waals surface area contributed by atoms with Crippen molar-refractivity contribution >= 4 is 29.3 Å². The number of carboxylic acids is 1. The van der Waals surface area contributed by atoms with E-state index < -0.39 is 11.4 Å². The molecule has 2 N–H and O–H groups in total. The first-order valence-corrected chi connectivity index (χ1v) is 6.58. The molecule has 1 amide bonds. The number of anilines is 1. The molecule has 6 nitrogen and oxygen atoms in total. The van der Waals surface area contributed by atoms with E-state index in [1.165, 1.54) is 17.2 Å². The highest BCUT2D eigenvalue weighted by molar-refractivity contribution is 6.33. The zero-order valence-electron chi connectivity index (χ0n) is 11.3. The summed E-state index contributed by atoms with van der Waals surface area (Å²) in [5.74, 6) is -0.592. The maximum atomic E-state index is 11.8. The lowest BCUT2D eigenvalue weighted by Gasteiger charge is -2.14. The number of halogens is 1. The third-order valence-corrected chi connectivity index (χ3v) is 3.68. The van der Waals surface area contributed by atoms with Crippen molar-refractivity contribution in [2.75, 3.05) is 26.0 Å². The largest absolute Gasteiger partial charge is 0.481 e. The maximum absolute atomic E-state index is 11.8. The van der Waals surface area contributed by atoms with E-state index in [0.29, 0.717) is 29.2 Å². The fourth-order valence-corrected chi connectivity index (χ4v) is 2.05. The molecule has 1 saturated carbocycles. The van der Waals surface area contributed by atoms with E-state index in [2.05, 4.69) is 10.3 Å². The summed E-state index contributed by atoms with van der Waals surface area (Å²) in [5.41, 5.74) is -0.298. The van der Waals surface area contributed by atoms with Gasteiger partial charge in [0.05, 0.1) is 16.0 Å². The van der Waals surface area contributed by atoms with Gasteiger partial charge in [-0.15, -0.1) is 0 Å². The molecule has 0 aliphatic heterocycles. The molecular weight excluding hydrogens is 282 g/mol. The standard InChI is InChI=1S/C13H16ClN3O3/c1-17(2)11(18)8-5-9(14)10(15-6-8)16-7-13(3-4-13)12(19)20/h5-6H,3-4,7H2,1-2H3,(H,15,16)(H,19,20). The van der Waals surface area contributed by atoms with Crippen LogP contribution in [0.4, 0.5) is 5.82 Å². The van der Waals surface area contributed by atoms with Gasteiger partial charge < -0.3 is 15.3 Å². The molecular formula is C13H16ClN3O3. The Kier molecular flexibility index (Phi) is 3.85. The Hall–Kier alpha value is -1.82. The predicted octanol–water partition coefficient (Wildman–Crippen LogP) is 1.71. The van der Waals surface area contributed by atoms with Crippen LogP contribution in [0.1, 0.15) is 23.2 Å². The number of hydrogen-bond acceptors (Lipinski definition) is 4. The van der Waals surface area contributed by atoms with Crippen LogP contribution in [0.15, 0.2) is 12.3 Å². The molecule has 0 bridgehead atoms. The molecule has 0 spiro atoms. The maximum Gasteiger partial charge on any atom is 0.311 e. The number of amides is 1. The second-order valence-electron chi connectivity index (χ2n) is 5.19. The Morgan fingerprint density at radius 3 is 2.60 bits per heavy atom. The van der Waals surface area contributed by atoms with Crippen LogP contribution in [0.2, 0.25) is 5.02 Å². The quantitative estimate of drug-likeness (QED) is 0.864. The summed E-state index contributed by atoms with van der Waals surface area (Å²) < 4.78 is 0. The minimum atomic E-state index is -0.805. The molecule has 7 heteroatoms. The van der Waals surface area contributed by atoms with Crippen LogP contribution in [-0.4, -0.2) is 47.5 Å². The van der Waals surface area contributed by atoms with Gasteiger partial charge in [-0.05, 0) is 18.9 Å². The lowest BCUT2D eigenvalue weighted by atomic mass is 10.1. The van der Waals surface area contributed by atoms with Gasteiger partial charge in [0, 0.05) is 26.8 Å². The fourth-order valence-electron chi connectivity index (χ4n) is 1.81. The van der Waals surface area contributed by atoms with Crippen LogP contribution >= 0.6 is 11.6 Å². The predicted molar refractivity (Wildman–Crippen MR) is 75.1 cm³/mol. The Bertz CT molecular complexity index is 556. The molecule has 0 atom stereocenters. The van der Waals surface area contributed by atoms with Crippen molar-refractivity contribution in [2.45, 2.75) is 12.8 Å². The molecule has 1 fully saturated rings. The number of nitrogens with one attached hydrogen (secondary N) is 1. The summed E-state index contributed by atoms with van der Waals surface area (Å²) in [7, 11) is 3.29. The first kappa shape index (κ1) is 14.6.